The lowest BCUT2D eigenvalue weighted by Crippen LogP contribution is -2.58. The SMILES string of the molecule is CNC1C(=O)N(c2ccccc2C)C(Cn2nc(-c3cc(O)cc(F)c3)c3c(N)ncnc32)=NC1C=N. The molecule has 0 spiro atoms. The van der Waals surface area contributed by atoms with Gasteiger partial charge in [-0.1, -0.05) is 18.2 Å². The molecular formula is C25H24FN9O2. The lowest BCUT2D eigenvalue weighted by Gasteiger charge is -2.35. The van der Waals surface area contributed by atoms with E-state index in [0.717, 1.165) is 17.8 Å². The molecule has 0 fully saturated rings. The minimum absolute atomic E-state index is 0.00486. The highest BCUT2D eigenvalue weighted by Crippen LogP contribution is 2.33. The van der Waals surface area contributed by atoms with Crippen molar-refractivity contribution in [2.75, 3.05) is 17.7 Å². The maximum atomic E-state index is 14.1. The highest BCUT2D eigenvalue weighted by molar-refractivity contribution is 6.21. The highest BCUT2D eigenvalue weighted by atomic mass is 19.1. The third-order valence-corrected chi connectivity index (χ3v) is 6.23. The number of nitrogen functional groups attached to an aromatic ring is 1. The van der Waals surface area contributed by atoms with Crippen molar-refractivity contribution >= 4 is 40.5 Å². The number of hydrogen-bond donors (Lipinski definition) is 4. The largest absolute Gasteiger partial charge is 0.508 e. The first-order chi connectivity index (χ1) is 17.8. The quantitative estimate of drug-likeness (QED) is 0.295. The summed E-state index contributed by atoms with van der Waals surface area (Å²) in [5, 5.41) is 25.8. The summed E-state index contributed by atoms with van der Waals surface area (Å²) in [6, 6.07) is 9.55. The number of carbonyl (C=O) groups is 1. The zero-order valence-electron chi connectivity index (χ0n) is 20.1. The highest BCUT2D eigenvalue weighted by Gasteiger charge is 2.38. The lowest BCUT2D eigenvalue weighted by molar-refractivity contribution is -0.120. The fourth-order valence-corrected chi connectivity index (χ4v) is 4.52. The summed E-state index contributed by atoms with van der Waals surface area (Å²) in [6.45, 7) is 1.89. The molecule has 2 unspecified atom stereocenters. The van der Waals surface area contributed by atoms with Crippen LogP contribution in [0.15, 0.2) is 53.8 Å². The van der Waals surface area contributed by atoms with Crippen LogP contribution in [-0.2, 0) is 11.3 Å². The number of likely N-dealkylation sites (N-methyl/N-ethyl adjacent to an activating group) is 1. The van der Waals surface area contributed by atoms with Gasteiger partial charge in [0.15, 0.2) is 5.65 Å². The predicted molar refractivity (Wildman–Crippen MR) is 138 cm³/mol. The van der Waals surface area contributed by atoms with E-state index in [0.29, 0.717) is 22.6 Å². The Morgan fingerprint density at radius 1 is 1.24 bits per heavy atom. The number of benzene rings is 2. The minimum atomic E-state index is -0.728. The number of aliphatic imine (C=N–C) groups is 1. The first kappa shape index (κ1) is 24.0. The Bertz CT molecular complexity index is 1550. The van der Waals surface area contributed by atoms with Crippen LogP contribution in [0.5, 0.6) is 5.75 Å². The van der Waals surface area contributed by atoms with Crippen molar-refractivity contribution < 1.29 is 14.3 Å². The molecule has 0 aliphatic carbocycles. The summed E-state index contributed by atoms with van der Waals surface area (Å²) < 4.78 is 15.6. The number of phenols is 1. The zero-order chi connectivity index (χ0) is 26.3. The van der Waals surface area contributed by atoms with Crippen LogP contribution >= 0.6 is 0 Å². The van der Waals surface area contributed by atoms with E-state index in [1.165, 1.54) is 28.0 Å². The molecule has 2 atom stereocenters. The number of nitrogens with zero attached hydrogens (tertiary/aromatic N) is 6. The number of carbonyl (C=O) groups excluding carboxylic acids is 1. The molecule has 1 aliphatic rings. The Balaban J connectivity index is 1.69. The van der Waals surface area contributed by atoms with Crippen LogP contribution in [0.3, 0.4) is 0 Å². The number of halogens is 1. The van der Waals surface area contributed by atoms with Crippen LogP contribution in [0, 0.1) is 18.2 Å². The molecule has 1 aliphatic heterocycles. The number of amides is 1. The van der Waals surface area contributed by atoms with E-state index in [1.54, 1.807) is 7.05 Å². The Hall–Kier alpha value is -4.71. The molecule has 0 saturated heterocycles. The summed E-state index contributed by atoms with van der Waals surface area (Å²) in [7, 11) is 1.65. The molecule has 0 saturated carbocycles. The maximum Gasteiger partial charge on any atom is 0.252 e. The van der Waals surface area contributed by atoms with Gasteiger partial charge in [-0.3, -0.25) is 14.7 Å². The second-order valence-corrected chi connectivity index (χ2v) is 8.59. The Morgan fingerprint density at radius 2 is 2.03 bits per heavy atom. The molecule has 1 amide bonds. The average Bonchev–Trinajstić information content (AvgIpc) is 3.24. The normalized spacial score (nSPS) is 17.8. The molecule has 0 bridgehead atoms. The molecule has 4 aromatic rings. The van der Waals surface area contributed by atoms with Crippen molar-refractivity contribution in [2.24, 2.45) is 4.99 Å². The number of aromatic hydroxyl groups is 1. The smallest absolute Gasteiger partial charge is 0.252 e. The number of phenolic OH excluding ortho intramolecular Hbond substituents is 1. The van der Waals surface area contributed by atoms with Crippen LogP contribution in [0.2, 0.25) is 0 Å². The number of hydrogen-bond acceptors (Lipinski definition) is 9. The number of fused-ring (bicyclic) bond motifs is 1. The number of anilines is 2. The molecule has 12 heteroatoms. The second-order valence-electron chi connectivity index (χ2n) is 8.59. The Labute approximate surface area is 211 Å². The standard InChI is InChI=1S/C25H24FN9O2/c1-13-5-3-4-6-18(13)35-19(32-17(10-27)22(29-2)25(35)37)11-34-24-20(23(28)30-12-31-24)21(33-34)14-7-15(26)9-16(36)8-14/h3-10,12,17,22,27,29,36H,11H2,1-2H3,(H2,28,30,31). The van der Waals surface area contributed by atoms with E-state index in [9.17, 15) is 14.3 Å². The van der Waals surface area contributed by atoms with Gasteiger partial charge in [0.25, 0.3) is 5.91 Å². The summed E-state index contributed by atoms with van der Waals surface area (Å²) in [5.41, 5.74) is 8.57. The van der Waals surface area contributed by atoms with Crippen LogP contribution in [0.25, 0.3) is 22.3 Å². The van der Waals surface area contributed by atoms with Crippen molar-refractivity contribution in [3.63, 3.8) is 0 Å². The first-order valence-corrected chi connectivity index (χ1v) is 11.4. The van der Waals surface area contributed by atoms with Crippen LogP contribution in [0.1, 0.15) is 5.56 Å². The van der Waals surface area contributed by atoms with Gasteiger partial charge in [0, 0.05) is 17.8 Å². The van der Waals surface area contributed by atoms with E-state index in [-0.39, 0.29) is 35.3 Å². The van der Waals surface area contributed by atoms with Gasteiger partial charge in [0.2, 0.25) is 0 Å². The fraction of sp³-hybridized carbons (Fsp3) is 0.200. The van der Waals surface area contributed by atoms with E-state index < -0.39 is 17.9 Å². The second kappa shape index (κ2) is 9.39. The van der Waals surface area contributed by atoms with Gasteiger partial charge in [0.1, 0.15) is 53.9 Å². The minimum Gasteiger partial charge on any atom is -0.508 e. The molecule has 5 rings (SSSR count). The van der Waals surface area contributed by atoms with Crippen molar-refractivity contribution in [1.29, 1.82) is 5.41 Å². The number of nitrogens with one attached hydrogen (secondary N) is 2. The number of amidine groups is 1. The van der Waals surface area contributed by atoms with E-state index >= 15 is 0 Å². The van der Waals surface area contributed by atoms with Crippen molar-refractivity contribution in [3.8, 4) is 17.0 Å². The van der Waals surface area contributed by atoms with Gasteiger partial charge in [-0.2, -0.15) is 5.10 Å². The Kier molecular flexibility index (Phi) is 6.09. The maximum absolute atomic E-state index is 14.1. The number of nitrogens with two attached hydrogens (primary N) is 1. The van der Waals surface area contributed by atoms with E-state index in [1.807, 2.05) is 31.2 Å². The summed E-state index contributed by atoms with van der Waals surface area (Å²) in [4.78, 5) is 28.3. The number of aryl methyl sites for hydroxylation is 1. The van der Waals surface area contributed by atoms with Gasteiger partial charge >= 0.3 is 0 Å². The summed E-state index contributed by atoms with van der Waals surface area (Å²) in [6.07, 6.45) is 2.41. The van der Waals surface area contributed by atoms with Crippen LogP contribution < -0.4 is 16.0 Å². The number of aromatic nitrogens is 4. The molecule has 2 aromatic carbocycles. The van der Waals surface area contributed by atoms with E-state index in [2.05, 4.69) is 20.4 Å². The third-order valence-electron chi connectivity index (χ3n) is 6.23. The zero-order valence-corrected chi connectivity index (χ0v) is 20.1. The van der Waals surface area contributed by atoms with Crippen molar-refractivity contribution in [1.82, 2.24) is 25.1 Å². The van der Waals surface area contributed by atoms with Gasteiger partial charge < -0.3 is 21.6 Å². The van der Waals surface area contributed by atoms with Gasteiger partial charge in [-0.05, 0) is 37.7 Å². The van der Waals surface area contributed by atoms with Crippen molar-refractivity contribution in [2.45, 2.75) is 25.6 Å². The van der Waals surface area contributed by atoms with Crippen LogP contribution in [-0.4, -0.2) is 61.9 Å². The number of para-hydroxylation sites is 1. The summed E-state index contributed by atoms with van der Waals surface area (Å²) >= 11 is 0. The van der Waals surface area contributed by atoms with Gasteiger partial charge in [-0.15, -0.1) is 0 Å². The Morgan fingerprint density at radius 3 is 2.73 bits per heavy atom. The topological polar surface area (TPSA) is 158 Å². The molecule has 37 heavy (non-hydrogen) atoms. The molecule has 11 nitrogen and oxygen atoms in total. The van der Waals surface area contributed by atoms with E-state index in [4.69, 9.17) is 16.1 Å². The molecule has 5 N–H and O–H groups in total. The average molecular weight is 502 g/mol. The van der Waals surface area contributed by atoms with Gasteiger partial charge in [-0.25, -0.2) is 19.0 Å². The molecule has 2 aromatic heterocycles. The van der Waals surface area contributed by atoms with Crippen molar-refractivity contribution in [3.05, 3.63) is 60.2 Å². The molecule has 0 radical (unpaired) electrons. The number of rotatable bonds is 6. The molecular weight excluding hydrogens is 477 g/mol. The lowest BCUT2D eigenvalue weighted by atomic mass is 10.0. The summed E-state index contributed by atoms with van der Waals surface area (Å²) in [5.74, 6) is -0.716. The van der Waals surface area contributed by atoms with Crippen LogP contribution in [0.4, 0.5) is 15.9 Å². The first-order valence-electron chi connectivity index (χ1n) is 11.4. The third kappa shape index (κ3) is 4.16. The fourth-order valence-electron chi connectivity index (χ4n) is 4.52. The predicted octanol–water partition coefficient (Wildman–Crippen LogP) is 2.28. The molecule has 188 valence electrons. The molecule has 3 heterocycles. The monoisotopic (exact) mass is 501 g/mol. The van der Waals surface area contributed by atoms with Gasteiger partial charge in [0.05, 0.1) is 11.1 Å².